The molecule has 1 aromatic carbocycles. The summed E-state index contributed by atoms with van der Waals surface area (Å²) in [7, 11) is 0. The summed E-state index contributed by atoms with van der Waals surface area (Å²) >= 11 is 0. The second-order valence-electron chi connectivity index (χ2n) is 8.15. The van der Waals surface area contributed by atoms with E-state index in [9.17, 15) is 14.4 Å². The van der Waals surface area contributed by atoms with E-state index in [2.05, 4.69) is 28.9 Å². The van der Waals surface area contributed by atoms with Crippen molar-refractivity contribution in [3.8, 4) is 0 Å². The molecule has 1 aromatic rings. The maximum Gasteiger partial charge on any atom is 0.255 e. The molecule has 150 valence electrons. The number of rotatable bonds is 5. The van der Waals surface area contributed by atoms with Crippen LogP contribution in [0.2, 0.25) is 0 Å². The smallest absolute Gasteiger partial charge is 0.255 e. The molecule has 0 saturated carbocycles. The van der Waals surface area contributed by atoms with Crippen molar-refractivity contribution < 1.29 is 14.4 Å². The zero-order valence-electron chi connectivity index (χ0n) is 16.3. The molecule has 3 N–H and O–H groups in total. The quantitative estimate of drug-likeness (QED) is 0.657. The van der Waals surface area contributed by atoms with Crippen molar-refractivity contribution in [2.45, 2.75) is 57.8 Å². The van der Waals surface area contributed by atoms with Gasteiger partial charge in [-0.1, -0.05) is 12.1 Å². The number of carbonyl (C=O) groups is 3. The first-order valence-corrected chi connectivity index (χ1v) is 10.2. The zero-order chi connectivity index (χ0) is 19.7. The van der Waals surface area contributed by atoms with Crippen LogP contribution in [0.4, 0.5) is 0 Å². The average molecular weight is 384 g/mol. The van der Waals surface area contributed by atoms with Crippen molar-refractivity contribution in [3.63, 3.8) is 0 Å². The van der Waals surface area contributed by atoms with Gasteiger partial charge in [-0.05, 0) is 62.4 Å². The van der Waals surface area contributed by atoms with E-state index >= 15 is 0 Å². The first kappa shape index (κ1) is 19.1. The van der Waals surface area contributed by atoms with Gasteiger partial charge in [0.25, 0.3) is 5.91 Å². The van der Waals surface area contributed by atoms with Crippen LogP contribution in [0.15, 0.2) is 18.2 Å². The van der Waals surface area contributed by atoms with Crippen molar-refractivity contribution >= 4 is 17.7 Å². The molecule has 0 aromatic heterocycles. The third-order valence-electron chi connectivity index (χ3n) is 6.31. The van der Waals surface area contributed by atoms with E-state index in [0.29, 0.717) is 30.5 Å². The highest BCUT2D eigenvalue weighted by atomic mass is 16.2. The molecular formula is C21H28N4O3. The van der Waals surface area contributed by atoms with E-state index in [1.54, 1.807) is 4.90 Å². The molecule has 0 spiro atoms. The Morgan fingerprint density at radius 3 is 2.71 bits per heavy atom. The summed E-state index contributed by atoms with van der Waals surface area (Å²) in [6.45, 7) is 5.56. The van der Waals surface area contributed by atoms with Crippen molar-refractivity contribution in [1.82, 2.24) is 20.9 Å². The Kier molecular flexibility index (Phi) is 5.46. The third-order valence-corrected chi connectivity index (χ3v) is 6.31. The van der Waals surface area contributed by atoms with Gasteiger partial charge in [0.2, 0.25) is 11.8 Å². The van der Waals surface area contributed by atoms with Crippen molar-refractivity contribution in [1.29, 1.82) is 0 Å². The van der Waals surface area contributed by atoms with Gasteiger partial charge in [0, 0.05) is 31.1 Å². The first-order chi connectivity index (χ1) is 13.5. The summed E-state index contributed by atoms with van der Waals surface area (Å²) in [5, 5.41) is 9.35. The lowest BCUT2D eigenvalue weighted by Gasteiger charge is -2.29. The number of nitrogens with zero attached hydrogens (tertiary/aromatic N) is 1. The highest BCUT2D eigenvalue weighted by molar-refractivity contribution is 6.05. The van der Waals surface area contributed by atoms with E-state index in [-0.39, 0.29) is 24.1 Å². The minimum Gasteiger partial charge on any atom is -0.322 e. The van der Waals surface area contributed by atoms with Crippen LogP contribution in [0, 0.1) is 5.92 Å². The Balaban J connectivity index is 1.40. The van der Waals surface area contributed by atoms with E-state index in [1.807, 2.05) is 12.1 Å². The predicted octanol–water partition coefficient (Wildman–Crippen LogP) is 0.925. The fourth-order valence-electron chi connectivity index (χ4n) is 4.50. The number of fused-ring (bicyclic) bond motifs is 1. The van der Waals surface area contributed by atoms with Crippen molar-refractivity contribution in [2.24, 2.45) is 5.92 Å². The van der Waals surface area contributed by atoms with Gasteiger partial charge in [-0.3, -0.25) is 19.7 Å². The van der Waals surface area contributed by atoms with Crippen LogP contribution in [-0.2, 0) is 22.7 Å². The lowest BCUT2D eigenvalue weighted by Crippen LogP contribution is -2.52. The SMILES string of the molecule is C[C@@H](NCc1ccc2c(c1)C(=O)N(C1CCC(=O)NC1=O)C2)C1CCNCC1. The molecule has 7 nitrogen and oxygen atoms in total. The normalized spacial score (nSPS) is 24.2. The number of imide groups is 1. The van der Waals surface area contributed by atoms with E-state index in [1.165, 1.54) is 12.8 Å². The Morgan fingerprint density at radius 1 is 1.18 bits per heavy atom. The van der Waals surface area contributed by atoms with Gasteiger partial charge < -0.3 is 15.5 Å². The van der Waals surface area contributed by atoms with Crippen LogP contribution in [0.1, 0.15) is 54.1 Å². The Morgan fingerprint density at radius 2 is 1.96 bits per heavy atom. The van der Waals surface area contributed by atoms with Crippen LogP contribution in [0.5, 0.6) is 0 Å². The van der Waals surface area contributed by atoms with Gasteiger partial charge in [0.15, 0.2) is 0 Å². The summed E-state index contributed by atoms with van der Waals surface area (Å²) in [5.41, 5.74) is 2.71. The number of hydrogen-bond donors (Lipinski definition) is 3. The Bertz CT molecular complexity index is 788. The van der Waals surface area contributed by atoms with Gasteiger partial charge in [-0.2, -0.15) is 0 Å². The third kappa shape index (κ3) is 3.82. The topological polar surface area (TPSA) is 90.5 Å². The molecule has 2 fully saturated rings. The summed E-state index contributed by atoms with van der Waals surface area (Å²) in [5.74, 6) is -0.0604. The molecule has 1 unspecified atom stereocenters. The summed E-state index contributed by atoms with van der Waals surface area (Å²) in [6.07, 6.45) is 3.06. The summed E-state index contributed by atoms with van der Waals surface area (Å²) in [4.78, 5) is 38.0. The largest absolute Gasteiger partial charge is 0.322 e. The maximum atomic E-state index is 12.9. The minimum absolute atomic E-state index is 0.113. The fourth-order valence-corrected chi connectivity index (χ4v) is 4.50. The van der Waals surface area contributed by atoms with Crippen LogP contribution in [0.25, 0.3) is 0 Å². The monoisotopic (exact) mass is 384 g/mol. The molecule has 2 atom stereocenters. The van der Waals surface area contributed by atoms with Gasteiger partial charge in [-0.25, -0.2) is 0 Å². The minimum atomic E-state index is -0.556. The second kappa shape index (κ2) is 8.01. The molecule has 0 aliphatic carbocycles. The standard InChI is InChI=1S/C21H28N4O3/c1-13(15-6-8-22-9-7-15)23-11-14-2-3-16-12-25(21(28)17(16)10-14)18-4-5-19(26)24-20(18)27/h2-3,10,13,15,18,22-23H,4-9,11-12H2,1H3,(H,24,26,27)/t13-,18?/m1/s1. The van der Waals surface area contributed by atoms with Crippen LogP contribution >= 0.6 is 0 Å². The maximum absolute atomic E-state index is 12.9. The number of piperidine rings is 2. The average Bonchev–Trinajstić information content (AvgIpc) is 3.03. The van der Waals surface area contributed by atoms with Crippen molar-refractivity contribution in [2.75, 3.05) is 13.1 Å². The van der Waals surface area contributed by atoms with Gasteiger partial charge >= 0.3 is 0 Å². The van der Waals surface area contributed by atoms with Gasteiger partial charge in [-0.15, -0.1) is 0 Å². The second-order valence-corrected chi connectivity index (χ2v) is 8.15. The molecule has 4 rings (SSSR count). The van der Waals surface area contributed by atoms with E-state index in [0.717, 1.165) is 30.8 Å². The van der Waals surface area contributed by atoms with Crippen LogP contribution in [-0.4, -0.2) is 47.8 Å². The molecule has 28 heavy (non-hydrogen) atoms. The molecule has 0 radical (unpaired) electrons. The van der Waals surface area contributed by atoms with E-state index in [4.69, 9.17) is 0 Å². The lowest BCUT2D eigenvalue weighted by atomic mass is 9.91. The summed E-state index contributed by atoms with van der Waals surface area (Å²) in [6, 6.07) is 5.88. The molecule has 2 saturated heterocycles. The predicted molar refractivity (Wildman–Crippen MR) is 104 cm³/mol. The number of benzene rings is 1. The molecule has 3 heterocycles. The molecule has 3 amide bonds. The highest BCUT2D eigenvalue weighted by Gasteiger charge is 2.39. The van der Waals surface area contributed by atoms with Crippen LogP contribution < -0.4 is 16.0 Å². The molecule has 3 aliphatic heterocycles. The van der Waals surface area contributed by atoms with E-state index < -0.39 is 6.04 Å². The lowest BCUT2D eigenvalue weighted by molar-refractivity contribution is -0.136. The molecular weight excluding hydrogens is 356 g/mol. The molecule has 7 heteroatoms. The highest BCUT2D eigenvalue weighted by Crippen LogP contribution is 2.28. The van der Waals surface area contributed by atoms with Gasteiger partial charge in [0.1, 0.15) is 6.04 Å². The number of carbonyl (C=O) groups excluding carboxylic acids is 3. The number of amides is 3. The number of hydrogen-bond acceptors (Lipinski definition) is 5. The molecule has 3 aliphatic rings. The zero-order valence-corrected chi connectivity index (χ0v) is 16.3. The molecule has 0 bridgehead atoms. The van der Waals surface area contributed by atoms with Crippen molar-refractivity contribution in [3.05, 3.63) is 34.9 Å². The number of nitrogens with one attached hydrogen (secondary N) is 3. The van der Waals surface area contributed by atoms with Gasteiger partial charge in [0.05, 0.1) is 0 Å². The Labute approximate surface area is 165 Å². The van der Waals surface area contributed by atoms with Crippen LogP contribution in [0.3, 0.4) is 0 Å². The Hall–Kier alpha value is -2.25. The first-order valence-electron chi connectivity index (χ1n) is 10.2. The summed E-state index contributed by atoms with van der Waals surface area (Å²) < 4.78 is 0. The fraction of sp³-hybridized carbons (Fsp3) is 0.571.